The zero-order valence-corrected chi connectivity index (χ0v) is 11.1. The van der Waals surface area contributed by atoms with Crippen molar-refractivity contribution in [3.8, 4) is 5.75 Å². The molecule has 0 atom stereocenters. The summed E-state index contributed by atoms with van der Waals surface area (Å²) in [6, 6.07) is 7.72. The summed E-state index contributed by atoms with van der Waals surface area (Å²) in [6.07, 6.45) is 0. The van der Waals surface area contributed by atoms with Gasteiger partial charge >= 0.3 is 0 Å². The van der Waals surface area contributed by atoms with Gasteiger partial charge in [-0.1, -0.05) is 12.1 Å². The minimum absolute atomic E-state index is 0.516. The molecule has 0 unspecified atom stereocenters. The molecule has 0 saturated carbocycles. The molecule has 0 spiro atoms. The highest BCUT2D eigenvalue weighted by Gasteiger charge is 2.04. The highest BCUT2D eigenvalue weighted by Crippen LogP contribution is 2.17. The van der Waals surface area contributed by atoms with Gasteiger partial charge in [0.05, 0.1) is 12.8 Å². The second-order valence-electron chi connectivity index (χ2n) is 3.37. The van der Waals surface area contributed by atoms with E-state index >= 15 is 0 Å². The molecule has 1 aromatic carbocycles. The van der Waals surface area contributed by atoms with Gasteiger partial charge < -0.3 is 10.1 Å². The minimum atomic E-state index is 0.516. The molecule has 0 saturated heterocycles. The van der Waals surface area contributed by atoms with E-state index in [4.69, 9.17) is 17.0 Å². The zero-order valence-electron chi connectivity index (χ0n) is 10.3. The topological polar surface area (TPSA) is 45.7 Å². The Balaban J connectivity index is 2.77. The number of hydrogen-bond donors (Lipinski definition) is 2. The monoisotopic (exact) mass is 251 g/mol. The number of hydrogen-bond acceptors (Lipinski definition) is 3. The predicted octanol–water partition coefficient (Wildman–Crippen LogP) is 1.90. The van der Waals surface area contributed by atoms with Crippen molar-refractivity contribution in [1.82, 2.24) is 10.7 Å². The number of nitrogens with one attached hydrogen (secondary N) is 2. The Hall–Kier alpha value is -1.62. The van der Waals surface area contributed by atoms with Crippen LogP contribution in [0.1, 0.15) is 19.4 Å². The standard InChI is InChI=1S/C12H17N3OS/c1-4-13-12(17)15-14-9(2)10-7-5-6-8-11(10)16-3/h5-8H,4H2,1-3H3,(H2,13,15,17)/b14-9-. The molecule has 0 radical (unpaired) electrons. The lowest BCUT2D eigenvalue weighted by molar-refractivity contribution is 0.414. The molecule has 0 aliphatic heterocycles. The molecule has 0 bridgehead atoms. The van der Waals surface area contributed by atoms with Crippen molar-refractivity contribution in [1.29, 1.82) is 0 Å². The van der Waals surface area contributed by atoms with Crippen LogP contribution in [0.3, 0.4) is 0 Å². The van der Waals surface area contributed by atoms with Crippen LogP contribution in [0.5, 0.6) is 5.75 Å². The maximum absolute atomic E-state index is 5.26. The van der Waals surface area contributed by atoms with E-state index in [2.05, 4.69) is 15.8 Å². The van der Waals surface area contributed by atoms with Crippen LogP contribution >= 0.6 is 12.2 Å². The minimum Gasteiger partial charge on any atom is -0.496 e. The number of methoxy groups -OCH3 is 1. The average Bonchev–Trinajstić information content (AvgIpc) is 2.36. The van der Waals surface area contributed by atoms with Crippen molar-refractivity contribution >= 4 is 23.0 Å². The van der Waals surface area contributed by atoms with Crippen LogP contribution < -0.4 is 15.5 Å². The fourth-order valence-corrected chi connectivity index (χ4v) is 1.53. The van der Waals surface area contributed by atoms with E-state index in [0.29, 0.717) is 5.11 Å². The van der Waals surface area contributed by atoms with E-state index in [1.165, 1.54) is 0 Å². The van der Waals surface area contributed by atoms with Gasteiger partial charge in [-0.3, -0.25) is 5.43 Å². The third-order valence-corrected chi connectivity index (χ3v) is 2.39. The first-order chi connectivity index (χ1) is 8.19. The second-order valence-corrected chi connectivity index (χ2v) is 3.78. The van der Waals surface area contributed by atoms with E-state index in [-0.39, 0.29) is 0 Å². The van der Waals surface area contributed by atoms with E-state index in [1.807, 2.05) is 38.1 Å². The van der Waals surface area contributed by atoms with Crippen molar-refractivity contribution in [3.63, 3.8) is 0 Å². The van der Waals surface area contributed by atoms with Crippen LogP contribution in [0.4, 0.5) is 0 Å². The van der Waals surface area contributed by atoms with Gasteiger partial charge in [0, 0.05) is 12.1 Å². The van der Waals surface area contributed by atoms with Crippen molar-refractivity contribution in [3.05, 3.63) is 29.8 Å². The molecule has 92 valence electrons. The smallest absolute Gasteiger partial charge is 0.186 e. The SMILES string of the molecule is CCNC(=S)N/N=C(/C)c1ccccc1OC. The summed E-state index contributed by atoms with van der Waals surface area (Å²) in [5.41, 5.74) is 4.55. The molecule has 17 heavy (non-hydrogen) atoms. The Morgan fingerprint density at radius 3 is 2.76 bits per heavy atom. The van der Waals surface area contributed by atoms with Gasteiger partial charge in [-0.05, 0) is 38.2 Å². The Labute approximate surface area is 107 Å². The van der Waals surface area contributed by atoms with Crippen molar-refractivity contribution < 1.29 is 4.74 Å². The van der Waals surface area contributed by atoms with Crippen molar-refractivity contribution in [2.45, 2.75) is 13.8 Å². The molecule has 2 N–H and O–H groups in total. The Morgan fingerprint density at radius 2 is 2.12 bits per heavy atom. The number of nitrogens with zero attached hydrogens (tertiary/aromatic N) is 1. The third-order valence-electron chi connectivity index (χ3n) is 2.16. The number of hydrazone groups is 1. The fraction of sp³-hybridized carbons (Fsp3) is 0.333. The molecule has 0 aliphatic rings. The molecule has 1 aromatic rings. The molecular weight excluding hydrogens is 234 g/mol. The highest BCUT2D eigenvalue weighted by molar-refractivity contribution is 7.80. The molecule has 0 aliphatic carbocycles. The van der Waals surface area contributed by atoms with E-state index in [9.17, 15) is 0 Å². The Kier molecular flexibility index (Phi) is 5.42. The maximum atomic E-state index is 5.26. The quantitative estimate of drug-likeness (QED) is 0.487. The lowest BCUT2D eigenvalue weighted by atomic mass is 10.1. The van der Waals surface area contributed by atoms with Gasteiger partial charge in [-0.25, -0.2) is 0 Å². The molecule has 0 aromatic heterocycles. The first-order valence-electron chi connectivity index (χ1n) is 5.40. The van der Waals surface area contributed by atoms with E-state index in [1.54, 1.807) is 7.11 Å². The highest BCUT2D eigenvalue weighted by atomic mass is 32.1. The Morgan fingerprint density at radius 1 is 1.41 bits per heavy atom. The summed E-state index contributed by atoms with van der Waals surface area (Å²) in [5, 5.41) is 7.68. The van der Waals surface area contributed by atoms with E-state index < -0.39 is 0 Å². The van der Waals surface area contributed by atoms with Gasteiger partial charge in [-0.15, -0.1) is 0 Å². The third kappa shape index (κ3) is 4.03. The zero-order chi connectivity index (χ0) is 12.7. The number of thiocarbonyl (C=S) groups is 1. The first-order valence-corrected chi connectivity index (χ1v) is 5.81. The number of para-hydroxylation sites is 1. The fourth-order valence-electron chi connectivity index (χ4n) is 1.34. The Bertz CT molecular complexity index is 418. The van der Waals surface area contributed by atoms with Crippen LogP contribution in [0.25, 0.3) is 0 Å². The summed E-state index contributed by atoms with van der Waals surface area (Å²) in [4.78, 5) is 0. The lowest BCUT2D eigenvalue weighted by Crippen LogP contribution is -2.32. The van der Waals surface area contributed by atoms with Gasteiger partial charge in [0.15, 0.2) is 5.11 Å². The molecule has 0 heterocycles. The number of rotatable bonds is 4. The van der Waals surface area contributed by atoms with Crippen molar-refractivity contribution in [2.75, 3.05) is 13.7 Å². The summed E-state index contributed by atoms with van der Waals surface area (Å²) in [7, 11) is 1.64. The molecule has 4 nitrogen and oxygen atoms in total. The molecule has 0 fully saturated rings. The average molecular weight is 251 g/mol. The van der Waals surface area contributed by atoms with Crippen LogP contribution in [0.15, 0.2) is 29.4 Å². The second kappa shape index (κ2) is 6.85. The van der Waals surface area contributed by atoms with Crippen LogP contribution in [-0.2, 0) is 0 Å². The lowest BCUT2D eigenvalue weighted by Gasteiger charge is -2.08. The summed E-state index contributed by atoms with van der Waals surface area (Å²) in [6.45, 7) is 4.65. The van der Waals surface area contributed by atoms with E-state index in [0.717, 1.165) is 23.6 Å². The van der Waals surface area contributed by atoms with Crippen LogP contribution in [-0.4, -0.2) is 24.5 Å². The van der Waals surface area contributed by atoms with Gasteiger partial charge in [-0.2, -0.15) is 5.10 Å². The summed E-state index contributed by atoms with van der Waals surface area (Å²) >= 11 is 5.02. The molecule has 1 rings (SSSR count). The number of benzene rings is 1. The summed E-state index contributed by atoms with van der Waals surface area (Å²) in [5.74, 6) is 0.796. The van der Waals surface area contributed by atoms with Gasteiger partial charge in [0.2, 0.25) is 0 Å². The van der Waals surface area contributed by atoms with Crippen molar-refractivity contribution in [2.24, 2.45) is 5.10 Å². The van der Waals surface area contributed by atoms with Gasteiger partial charge in [0.1, 0.15) is 5.75 Å². The molecular formula is C12H17N3OS. The largest absolute Gasteiger partial charge is 0.496 e. The van der Waals surface area contributed by atoms with Crippen LogP contribution in [0.2, 0.25) is 0 Å². The summed E-state index contributed by atoms with van der Waals surface area (Å²) < 4.78 is 5.26. The van der Waals surface area contributed by atoms with Gasteiger partial charge in [0.25, 0.3) is 0 Å². The molecule has 5 heteroatoms. The first kappa shape index (κ1) is 13.4. The normalized spacial score (nSPS) is 10.9. The molecule has 0 amide bonds. The van der Waals surface area contributed by atoms with Crippen LogP contribution in [0, 0.1) is 0 Å². The predicted molar refractivity (Wildman–Crippen MR) is 74.6 cm³/mol. The maximum Gasteiger partial charge on any atom is 0.186 e. The number of ether oxygens (including phenoxy) is 1.